The van der Waals surface area contributed by atoms with E-state index in [2.05, 4.69) is 34.9 Å². The normalized spacial score (nSPS) is 15.0. The molecule has 5 rings (SSSR count). The van der Waals surface area contributed by atoms with Gasteiger partial charge in [0.25, 0.3) is 0 Å². The number of methoxy groups -OCH3 is 2. The van der Waals surface area contributed by atoms with Crippen molar-refractivity contribution in [3.8, 4) is 11.5 Å². The quantitative estimate of drug-likeness (QED) is 0.212. The van der Waals surface area contributed by atoms with Crippen LogP contribution in [0.4, 0.5) is 0 Å². The summed E-state index contributed by atoms with van der Waals surface area (Å²) >= 11 is 11.6. The Labute approximate surface area is 231 Å². The number of rotatable bonds is 7. The molecule has 0 spiro atoms. The van der Waals surface area contributed by atoms with Gasteiger partial charge in [-0.15, -0.1) is 0 Å². The molecule has 192 valence electrons. The smallest absolute Gasteiger partial charge is 0.338 e. The van der Waals surface area contributed by atoms with Crippen LogP contribution in [-0.2, 0) is 16.1 Å². The largest absolute Gasteiger partial charge is 0.493 e. The number of hydrogen-bond donors (Lipinski definition) is 2. The number of benzene rings is 4. The van der Waals surface area contributed by atoms with Crippen molar-refractivity contribution in [1.82, 2.24) is 10.6 Å². The van der Waals surface area contributed by atoms with Gasteiger partial charge in [-0.1, -0.05) is 72.3 Å². The summed E-state index contributed by atoms with van der Waals surface area (Å²) in [6.07, 6.45) is 0. The van der Waals surface area contributed by atoms with Crippen molar-refractivity contribution in [2.24, 2.45) is 0 Å². The Balaban J connectivity index is 1.49. The third-order valence-electron chi connectivity index (χ3n) is 6.39. The van der Waals surface area contributed by atoms with Crippen molar-refractivity contribution in [3.05, 3.63) is 112 Å². The van der Waals surface area contributed by atoms with Gasteiger partial charge in [0, 0.05) is 5.02 Å². The Morgan fingerprint density at radius 1 is 0.947 bits per heavy atom. The maximum Gasteiger partial charge on any atom is 0.338 e. The van der Waals surface area contributed by atoms with Gasteiger partial charge < -0.3 is 24.8 Å². The molecule has 4 aromatic carbocycles. The molecule has 0 aromatic heterocycles. The number of halogens is 1. The monoisotopic (exact) mass is 544 g/mol. The first-order valence-corrected chi connectivity index (χ1v) is 12.7. The van der Waals surface area contributed by atoms with E-state index in [0.29, 0.717) is 39.5 Å². The zero-order valence-corrected chi connectivity index (χ0v) is 22.4. The number of thiocarbonyl (C=S) groups is 1. The molecule has 1 heterocycles. The second kappa shape index (κ2) is 11.1. The molecule has 0 bridgehead atoms. The van der Waals surface area contributed by atoms with Gasteiger partial charge in [0.1, 0.15) is 6.61 Å². The van der Waals surface area contributed by atoms with Crippen LogP contribution in [0.15, 0.2) is 90.5 Å². The van der Waals surface area contributed by atoms with E-state index in [4.69, 9.17) is 38.0 Å². The maximum absolute atomic E-state index is 13.0. The third-order valence-corrected chi connectivity index (χ3v) is 6.87. The molecule has 0 amide bonds. The van der Waals surface area contributed by atoms with Gasteiger partial charge in [0.05, 0.1) is 31.5 Å². The number of carbonyl (C=O) groups excluding carboxylic acids is 1. The van der Waals surface area contributed by atoms with Crippen LogP contribution in [0.1, 0.15) is 22.7 Å². The Bertz CT molecular complexity index is 1550. The summed E-state index contributed by atoms with van der Waals surface area (Å²) in [5, 5.41) is 9.57. The molecule has 0 fully saturated rings. The van der Waals surface area contributed by atoms with E-state index in [9.17, 15) is 4.79 Å². The number of hydrogen-bond acceptors (Lipinski definition) is 5. The summed E-state index contributed by atoms with van der Waals surface area (Å²) in [4.78, 5) is 13.0. The molecule has 0 saturated heterocycles. The van der Waals surface area contributed by atoms with Crippen molar-refractivity contribution >= 4 is 51.4 Å². The molecule has 4 aromatic rings. The average molecular weight is 545 g/mol. The first-order valence-electron chi connectivity index (χ1n) is 11.9. The van der Waals surface area contributed by atoms with E-state index in [0.717, 1.165) is 27.5 Å². The fourth-order valence-electron chi connectivity index (χ4n) is 4.55. The van der Waals surface area contributed by atoms with Gasteiger partial charge >= 0.3 is 5.97 Å². The summed E-state index contributed by atoms with van der Waals surface area (Å²) in [6, 6.07) is 26.5. The van der Waals surface area contributed by atoms with Gasteiger partial charge in [0.2, 0.25) is 0 Å². The van der Waals surface area contributed by atoms with Crippen molar-refractivity contribution in [2.45, 2.75) is 12.6 Å². The number of carbonyl (C=O) groups is 1. The molecule has 2 N–H and O–H groups in total. The first-order chi connectivity index (χ1) is 18.5. The summed E-state index contributed by atoms with van der Waals surface area (Å²) in [5.41, 5.74) is 3.52. The van der Waals surface area contributed by atoms with Crippen LogP contribution in [-0.4, -0.2) is 25.3 Å². The molecule has 6 nitrogen and oxygen atoms in total. The highest BCUT2D eigenvalue weighted by atomic mass is 35.5. The van der Waals surface area contributed by atoms with E-state index in [-0.39, 0.29) is 0 Å². The lowest BCUT2D eigenvalue weighted by Crippen LogP contribution is -2.45. The summed E-state index contributed by atoms with van der Waals surface area (Å²) in [5.74, 6) is 0.631. The van der Waals surface area contributed by atoms with Crippen molar-refractivity contribution in [1.29, 1.82) is 0 Å². The van der Waals surface area contributed by atoms with Gasteiger partial charge in [-0.3, -0.25) is 0 Å². The molecule has 1 aliphatic heterocycles. The fraction of sp³-hybridized carbons (Fsp3) is 0.133. The minimum absolute atomic E-state index is 0.376. The van der Waals surface area contributed by atoms with E-state index in [1.54, 1.807) is 19.2 Å². The fourth-order valence-corrected chi connectivity index (χ4v) is 4.89. The van der Waals surface area contributed by atoms with Crippen molar-refractivity contribution in [2.75, 3.05) is 14.2 Å². The van der Waals surface area contributed by atoms with Gasteiger partial charge in [-0.05, 0) is 63.9 Å². The molecule has 0 aliphatic carbocycles. The Hall–Kier alpha value is -4.07. The van der Waals surface area contributed by atoms with E-state index < -0.39 is 12.0 Å². The Morgan fingerprint density at radius 3 is 2.47 bits per heavy atom. The maximum atomic E-state index is 13.0. The van der Waals surface area contributed by atoms with Gasteiger partial charge in [-0.2, -0.15) is 0 Å². The summed E-state index contributed by atoms with van der Waals surface area (Å²) < 4.78 is 17.0. The Morgan fingerprint density at radius 2 is 1.71 bits per heavy atom. The molecule has 0 saturated carbocycles. The van der Waals surface area contributed by atoms with Crippen LogP contribution in [0, 0.1) is 0 Å². The number of esters is 1. The van der Waals surface area contributed by atoms with Crippen LogP contribution in [0.3, 0.4) is 0 Å². The predicted molar refractivity (Wildman–Crippen MR) is 153 cm³/mol. The SMILES string of the molecule is COC(=O)C1=C(c2ccc(Cl)cc2)NC(=S)N[C@H]1c1ccc(OCc2cccc3ccccc23)c(OC)c1. The Kier molecular flexibility index (Phi) is 7.49. The highest BCUT2D eigenvalue weighted by molar-refractivity contribution is 7.80. The van der Waals surface area contributed by atoms with E-state index in [1.165, 1.54) is 7.11 Å². The first kappa shape index (κ1) is 25.6. The van der Waals surface area contributed by atoms with Gasteiger partial charge in [0.15, 0.2) is 16.6 Å². The molecule has 38 heavy (non-hydrogen) atoms. The highest BCUT2D eigenvalue weighted by Crippen LogP contribution is 2.37. The second-order valence-corrected chi connectivity index (χ2v) is 9.50. The molecular formula is C30H25ClN2O4S. The minimum atomic E-state index is -0.581. The lowest BCUT2D eigenvalue weighted by Gasteiger charge is -2.31. The van der Waals surface area contributed by atoms with Crippen molar-refractivity contribution < 1.29 is 19.0 Å². The number of ether oxygens (including phenoxy) is 3. The van der Waals surface area contributed by atoms with E-state index >= 15 is 0 Å². The summed E-state index contributed by atoms with van der Waals surface area (Å²) in [7, 11) is 2.93. The van der Waals surface area contributed by atoms with Crippen LogP contribution in [0.25, 0.3) is 16.5 Å². The van der Waals surface area contributed by atoms with Crippen LogP contribution in [0.2, 0.25) is 5.02 Å². The molecule has 8 heteroatoms. The minimum Gasteiger partial charge on any atom is -0.493 e. The third kappa shape index (κ3) is 5.16. The lowest BCUT2D eigenvalue weighted by molar-refractivity contribution is -0.136. The van der Waals surface area contributed by atoms with Crippen LogP contribution in [0.5, 0.6) is 11.5 Å². The molecule has 1 aliphatic rings. The van der Waals surface area contributed by atoms with Crippen LogP contribution < -0.4 is 20.1 Å². The highest BCUT2D eigenvalue weighted by Gasteiger charge is 2.33. The zero-order chi connectivity index (χ0) is 26.6. The standard InChI is InChI=1S/C30H25ClN2O4S/c1-35-25-16-20(12-15-24(25)37-17-21-8-5-7-18-6-3-4-9-23(18)21)28-26(29(34)36-2)27(32-30(38)33-28)19-10-13-22(31)14-11-19/h3-16,28H,17H2,1-2H3,(H2,32,33,38)/t28-/m0/s1. The molecule has 0 unspecified atom stereocenters. The van der Waals surface area contributed by atoms with Crippen LogP contribution >= 0.6 is 23.8 Å². The van der Waals surface area contributed by atoms with Crippen molar-refractivity contribution in [3.63, 3.8) is 0 Å². The molecule has 1 atom stereocenters. The predicted octanol–water partition coefficient (Wildman–Crippen LogP) is 6.18. The van der Waals surface area contributed by atoms with Gasteiger partial charge in [-0.25, -0.2) is 4.79 Å². The topological polar surface area (TPSA) is 68.8 Å². The molecular weight excluding hydrogens is 520 g/mol. The lowest BCUT2D eigenvalue weighted by atomic mass is 9.92. The zero-order valence-electron chi connectivity index (χ0n) is 20.8. The summed E-state index contributed by atoms with van der Waals surface area (Å²) in [6.45, 7) is 0.376. The number of fused-ring (bicyclic) bond motifs is 1. The molecule has 0 radical (unpaired) electrons. The second-order valence-electron chi connectivity index (χ2n) is 8.66. The number of nitrogens with one attached hydrogen (secondary N) is 2. The van der Waals surface area contributed by atoms with E-state index in [1.807, 2.05) is 48.5 Å². The average Bonchev–Trinajstić information content (AvgIpc) is 2.95.